The lowest BCUT2D eigenvalue weighted by atomic mass is 10.2. The van der Waals surface area contributed by atoms with Gasteiger partial charge in [-0.15, -0.1) is 0 Å². The fourth-order valence-electron chi connectivity index (χ4n) is 2.48. The van der Waals surface area contributed by atoms with Crippen molar-refractivity contribution in [3.8, 4) is 0 Å². The summed E-state index contributed by atoms with van der Waals surface area (Å²) in [6, 6.07) is 15.8. The van der Waals surface area contributed by atoms with E-state index in [9.17, 15) is 9.59 Å². The number of para-hydroxylation sites is 1. The third kappa shape index (κ3) is 4.70. The lowest BCUT2D eigenvalue weighted by Gasteiger charge is -2.09. The Labute approximate surface area is 162 Å². The highest BCUT2D eigenvalue weighted by Crippen LogP contribution is 2.17. The average Bonchev–Trinajstić information content (AvgIpc) is 2.70. The maximum Gasteiger partial charge on any atom is 0.338 e. The van der Waals surface area contributed by atoms with Gasteiger partial charge in [-0.3, -0.25) is 4.79 Å². The van der Waals surface area contributed by atoms with Crippen LogP contribution >= 0.6 is 0 Å². The quantitative estimate of drug-likeness (QED) is 0.633. The number of benzene rings is 2. The number of rotatable bonds is 6. The van der Waals surface area contributed by atoms with E-state index in [0.717, 1.165) is 11.3 Å². The smallest absolute Gasteiger partial charge is 0.338 e. The summed E-state index contributed by atoms with van der Waals surface area (Å²) in [6.45, 7) is 4.00. The minimum atomic E-state index is -0.375. The molecule has 0 fully saturated rings. The molecule has 1 aromatic heterocycles. The van der Waals surface area contributed by atoms with Crippen LogP contribution in [0.15, 0.2) is 60.8 Å². The minimum absolute atomic E-state index is 0.240. The van der Waals surface area contributed by atoms with Gasteiger partial charge in [-0.2, -0.15) is 0 Å². The van der Waals surface area contributed by atoms with Gasteiger partial charge in [0.05, 0.1) is 12.2 Å². The first kappa shape index (κ1) is 19.0. The number of anilines is 3. The van der Waals surface area contributed by atoms with Crippen molar-refractivity contribution >= 4 is 29.2 Å². The third-order valence-electron chi connectivity index (χ3n) is 3.93. The minimum Gasteiger partial charge on any atom is -0.462 e. The molecular formula is C21H20N4O3. The maximum absolute atomic E-state index is 12.5. The van der Waals surface area contributed by atoms with Crippen LogP contribution in [0.3, 0.4) is 0 Å². The fraction of sp³-hybridized carbons (Fsp3) is 0.143. The predicted octanol–water partition coefficient (Wildman–Crippen LogP) is 3.96. The van der Waals surface area contributed by atoms with Crippen LogP contribution in [0.2, 0.25) is 0 Å². The Morgan fingerprint density at radius 1 is 1.04 bits per heavy atom. The number of nitrogens with zero attached hydrogens (tertiary/aromatic N) is 2. The number of carbonyl (C=O) groups is 2. The number of esters is 1. The summed E-state index contributed by atoms with van der Waals surface area (Å²) in [5.41, 5.74) is 3.08. The van der Waals surface area contributed by atoms with Crippen LogP contribution in [0.1, 0.15) is 33.3 Å². The van der Waals surface area contributed by atoms with Gasteiger partial charge in [0.2, 0.25) is 5.95 Å². The molecule has 0 radical (unpaired) electrons. The first-order chi connectivity index (χ1) is 13.6. The molecule has 0 atom stereocenters. The van der Waals surface area contributed by atoms with Gasteiger partial charge in [0.15, 0.2) is 0 Å². The van der Waals surface area contributed by atoms with E-state index in [4.69, 9.17) is 4.74 Å². The van der Waals surface area contributed by atoms with Crippen LogP contribution in [0.4, 0.5) is 17.3 Å². The molecule has 28 heavy (non-hydrogen) atoms. The molecule has 0 bridgehead atoms. The molecule has 0 saturated carbocycles. The van der Waals surface area contributed by atoms with Crippen molar-refractivity contribution in [3.63, 3.8) is 0 Å². The summed E-state index contributed by atoms with van der Waals surface area (Å²) in [5, 5.41) is 5.86. The molecule has 0 spiro atoms. The first-order valence-corrected chi connectivity index (χ1v) is 8.81. The predicted molar refractivity (Wildman–Crippen MR) is 107 cm³/mol. The van der Waals surface area contributed by atoms with Crippen LogP contribution in [0, 0.1) is 6.92 Å². The monoisotopic (exact) mass is 376 g/mol. The summed E-state index contributed by atoms with van der Waals surface area (Å²) in [4.78, 5) is 32.6. The van der Waals surface area contributed by atoms with E-state index in [1.54, 1.807) is 37.3 Å². The van der Waals surface area contributed by atoms with Gasteiger partial charge in [-0.05, 0) is 55.8 Å². The molecule has 7 nitrogen and oxygen atoms in total. The van der Waals surface area contributed by atoms with Crippen LogP contribution in [0.5, 0.6) is 0 Å². The van der Waals surface area contributed by atoms with Gasteiger partial charge in [0.1, 0.15) is 5.69 Å². The second kappa shape index (κ2) is 8.77. The number of aromatic nitrogens is 2. The van der Waals surface area contributed by atoms with Crippen molar-refractivity contribution in [2.45, 2.75) is 13.8 Å². The second-order valence-corrected chi connectivity index (χ2v) is 5.96. The van der Waals surface area contributed by atoms with Crippen molar-refractivity contribution in [1.82, 2.24) is 9.97 Å². The normalized spacial score (nSPS) is 10.2. The molecule has 0 aliphatic carbocycles. The summed E-state index contributed by atoms with van der Waals surface area (Å²) in [7, 11) is 0. The third-order valence-corrected chi connectivity index (χ3v) is 3.93. The van der Waals surface area contributed by atoms with E-state index in [0.29, 0.717) is 17.9 Å². The number of aryl methyl sites for hydroxylation is 1. The first-order valence-electron chi connectivity index (χ1n) is 8.81. The summed E-state index contributed by atoms with van der Waals surface area (Å²) < 4.78 is 4.96. The molecule has 2 N–H and O–H groups in total. The molecule has 0 aliphatic rings. The Morgan fingerprint density at radius 3 is 2.50 bits per heavy atom. The topological polar surface area (TPSA) is 93.2 Å². The molecule has 142 valence electrons. The number of nitrogens with one attached hydrogen (secondary N) is 2. The molecule has 1 heterocycles. The lowest BCUT2D eigenvalue weighted by Crippen LogP contribution is -2.15. The highest BCUT2D eigenvalue weighted by molar-refractivity contribution is 6.03. The number of ether oxygens (including phenoxy) is 1. The van der Waals surface area contributed by atoms with Crippen molar-refractivity contribution in [2.75, 3.05) is 17.2 Å². The van der Waals surface area contributed by atoms with Gasteiger partial charge in [0, 0.05) is 17.6 Å². The lowest BCUT2D eigenvalue weighted by molar-refractivity contribution is 0.0526. The van der Waals surface area contributed by atoms with Crippen molar-refractivity contribution in [2.24, 2.45) is 0 Å². The van der Waals surface area contributed by atoms with E-state index < -0.39 is 0 Å². The van der Waals surface area contributed by atoms with Crippen LogP contribution in [-0.4, -0.2) is 28.5 Å². The van der Waals surface area contributed by atoms with E-state index in [-0.39, 0.29) is 23.5 Å². The van der Waals surface area contributed by atoms with Gasteiger partial charge < -0.3 is 15.4 Å². The highest BCUT2D eigenvalue weighted by atomic mass is 16.5. The molecule has 7 heteroatoms. The van der Waals surface area contributed by atoms with Crippen molar-refractivity contribution in [3.05, 3.63) is 77.6 Å². The Balaban J connectivity index is 1.70. The molecule has 3 rings (SSSR count). The number of amides is 1. The Morgan fingerprint density at radius 2 is 1.79 bits per heavy atom. The maximum atomic E-state index is 12.5. The molecule has 0 unspecified atom stereocenters. The summed E-state index contributed by atoms with van der Waals surface area (Å²) in [6.07, 6.45) is 1.51. The zero-order valence-electron chi connectivity index (χ0n) is 15.6. The van der Waals surface area contributed by atoms with Crippen LogP contribution in [0.25, 0.3) is 0 Å². The molecule has 1 amide bonds. The van der Waals surface area contributed by atoms with Crippen molar-refractivity contribution < 1.29 is 14.3 Å². The SMILES string of the molecule is CCOC(=O)c1ccc(Nc2nccc(C(=O)Nc3ccccc3C)n2)cc1. The Kier molecular flexibility index (Phi) is 5.96. The van der Waals surface area contributed by atoms with Crippen molar-refractivity contribution in [1.29, 1.82) is 0 Å². The zero-order valence-corrected chi connectivity index (χ0v) is 15.6. The van der Waals surface area contributed by atoms with E-state index in [2.05, 4.69) is 20.6 Å². The molecule has 0 saturated heterocycles. The summed E-state index contributed by atoms with van der Waals surface area (Å²) >= 11 is 0. The highest BCUT2D eigenvalue weighted by Gasteiger charge is 2.11. The number of hydrogen-bond donors (Lipinski definition) is 2. The number of carbonyl (C=O) groups excluding carboxylic acids is 2. The van der Waals surface area contributed by atoms with Gasteiger partial charge in [-0.1, -0.05) is 18.2 Å². The molecular weight excluding hydrogens is 356 g/mol. The standard InChI is InChI=1S/C21H20N4O3/c1-3-28-20(27)15-8-10-16(11-9-15)23-21-22-13-12-18(25-21)19(26)24-17-7-5-4-6-14(17)2/h4-13H,3H2,1-2H3,(H,24,26)(H,22,23,25). The van der Waals surface area contributed by atoms with E-state index >= 15 is 0 Å². The van der Waals surface area contributed by atoms with Crippen LogP contribution in [-0.2, 0) is 4.74 Å². The second-order valence-electron chi connectivity index (χ2n) is 5.96. The Bertz CT molecular complexity index is 987. The molecule has 3 aromatic rings. The Hall–Kier alpha value is -3.74. The average molecular weight is 376 g/mol. The van der Waals surface area contributed by atoms with E-state index in [1.807, 2.05) is 31.2 Å². The van der Waals surface area contributed by atoms with Crippen LogP contribution < -0.4 is 10.6 Å². The molecule has 2 aromatic carbocycles. The largest absolute Gasteiger partial charge is 0.462 e. The number of hydrogen-bond acceptors (Lipinski definition) is 6. The van der Waals surface area contributed by atoms with Gasteiger partial charge >= 0.3 is 5.97 Å². The fourth-order valence-corrected chi connectivity index (χ4v) is 2.48. The summed E-state index contributed by atoms with van der Waals surface area (Å²) in [5.74, 6) is -0.418. The molecule has 0 aliphatic heterocycles. The zero-order chi connectivity index (χ0) is 19.9. The van der Waals surface area contributed by atoms with Gasteiger partial charge in [0.25, 0.3) is 5.91 Å². The van der Waals surface area contributed by atoms with E-state index in [1.165, 1.54) is 6.20 Å². The van der Waals surface area contributed by atoms with Gasteiger partial charge in [-0.25, -0.2) is 14.8 Å².